The Morgan fingerprint density at radius 2 is 1.90 bits per heavy atom. The molecular weight excluding hydrogens is 418 g/mol. The van der Waals surface area contributed by atoms with E-state index in [0.717, 1.165) is 17.5 Å². The molecule has 0 bridgehead atoms. The minimum absolute atomic E-state index is 0.0266. The number of likely N-dealkylation sites (tertiary alicyclic amines) is 1. The number of alkyl halides is 2. The molecule has 1 aliphatic carbocycles. The lowest BCUT2D eigenvalue weighted by Gasteiger charge is -2.35. The van der Waals surface area contributed by atoms with Crippen molar-refractivity contribution in [3.8, 4) is 0 Å². The summed E-state index contributed by atoms with van der Waals surface area (Å²) in [6.07, 6.45) is 4.32. The van der Waals surface area contributed by atoms with Gasteiger partial charge in [0.25, 0.3) is 9.84 Å². The standard InChI is InChI=1S/C18H22F2N6O3S/c1-25-16(10-15(24-25)12-2-3-12)30(28,29)18(19,20)13-5-8-26(9-6-13)17(27)23-14-4-7-21-22-11-14/h4,7,10-13H,2-3,5-6,8-9H2,1H3,(H,21,23,27). The van der Waals surface area contributed by atoms with E-state index in [2.05, 4.69) is 20.6 Å². The first kappa shape index (κ1) is 20.6. The van der Waals surface area contributed by atoms with Crippen LogP contribution in [0.5, 0.6) is 0 Å². The summed E-state index contributed by atoms with van der Waals surface area (Å²) in [5, 5.41) is 9.58. The summed E-state index contributed by atoms with van der Waals surface area (Å²) < 4.78 is 56.8. The van der Waals surface area contributed by atoms with Gasteiger partial charge in [0.1, 0.15) is 0 Å². The normalized spacial score (nSPS) is 18.4. The molecule has 3 heterocycles. The van der Waals surface area contributed by atoms with Crippen molar-refractivity contribution in [2.24, 2.45) is 13.0 Å². The number of hydrogen-bond acceptors (Lipinski definition) is 6. The maximum atomic E-state index is 15.1. The van der Waals surface area contributed by atoms with E-state index in [4.69, 9.17) is 0 Å². The minimum atomic E-state index is -4.91. The number of carbonyl (C=O) groups excluding carboxylic acids is 1. The third-order valence-electron chi connectivity index (χ3n) is 5.58. The number of amides is 2. The van der Waals surface area contributed by atoms with Gasteiger partial charge in [-0.2, -0.15) is 24.1 Å². The molecule has 0 atom stereocenters. The third kappa shape index (κ3) is 3.75. The molecule has 2 aliphatic rings. The van der Waals surface area contributed by atoms with Gasteiger partial charge in [-0.15, -0.1) is 0 Å². The highest BCUT2D eigenvalue weighted by molar-refractivity contribution is 7.92. The zero-order chi connectivity index (χ0) is 21.5. The molecule has 0 radical (unpaired) electrons. The van der Waals surface area contributed by atoms with E-state index >= 15 is 8.78 Å². The van der Waals surface area contributed by atoms with Crippen molar-refractivity contribution in [1.82, 2.24) is 24.9 Å². The summed E-state index contributed by atoms with van der Waals surface area (Å²) in [4.78, 5) is 13.7. The first-order chi connectivity index (χ1) is 14.2. The average molecular weight is 440 g/mol. The van der Waals surface area contributed by atoms with Crippen LogP contribution in [0.3, 0.4) is 0 Å². The molecule has 9 nitrogen and oxygen atoms in total. The highest BCUT2D eigenvalue weighted by Gasteiger charge is 2.54. The van der Waals surface area contributed by atoms with Crippen LogP contribution in [0.2, 0.25) is 0 Å². The average Bonchev–Trinajstić information content (AvgIpc) is 3.50. The van der Waals surface area contributed by atoms with Gasteiger partial charge >= 0.3 is 11.3 Å². The molecule has 0 spiro atoms. The predicted molar refractivity (Wildman–Crippen MR) is 103 cm³/mol. The molecule has 1 saturated carbocycles. The maximum absolute atomic E-state index is 15.1. The van der Waals surface area contributed by atoms with Crippen LogP contribution in [0, 0.1) is 5.92 Å². The molecule has 4 rings (SSSR count). The van der Waals surface area contributed by atoms with Crippen molar-refractivity contribution in [1.29, 1.82) is 0 Å². The molecule has 0 unspecified atom stereocenters. The highest BCUT2D eigenvalue weighted by Crippen LogP contribution is 2.43. The fourth-order valence-corrected chi connectivity index (χ4v) is 5.26. The molecule has 1 saturated heterocycles. The second-order valence-electron chi connectivity index (χ2n) is 7.69. The molecule has 2 aromatic heterocycles. The maximum Gasteiger partial charge on any atom is 0.354 e. The van der Waals surface area contributed by atoms with Gasteiger partial charge in [0.15, 0.2) is 5.03 Å². The van der Waals surface area contributed by atoms with Gasteiger partial charge in [-0.25, -0.2) is 13.2 Å². The highest BCUT2D eigenvalue weighted by atomic mass is 32.2. The Labute approximate surface area is 172 Å². The Balaban J connectivity index is 1.43. The number of rotatable bonds is 5. The van der Waals surface area contributed by atoms with Gasteiger partial charge in [-0.3, -0.25) is 4.68 Å². The van der Waals surface area contributed by atoms with Crippen LogP contribution < -0.4 is 5.32 Å². The number of hydrogen-bond donors (Lipinski definition) is 1. The lowest BCUT2D eigenvalue weighted by Crippen LogP contribution is -2.47. The van der Waals surface area contributed by atoms with Crippen LogP contribution in [-0.4, -0.2) is 57.7 Å². The SMILES string of the molecule is Cn1nc(C2CC2)cc1S(=O)(=O)C(F)(F)C1CCN(C(=O)Nc2ccnnc2)CC1. The zero-order valence-electron chi connectivity index (χ0n) is 16.3. The van der Waals surface area contributed by atoms with E-state index in [1.807, 2.05) is 0 Å². The topological polar surface area (TPSA) is 110 Å². The summed E-state index contributed by atoms with van der Waals surface area (Å²) in [5.74, 6) is -1.22. The van der Waals surface area contributed by atoms with Crippen LogP contribution in [0.4, 0.5) is 19.3 Å². The lowest BCUT2D eigenvalue weighted by atomic mass is 9.97. The van der Waals surface area contributed by atoms with Crippen LogP contribution in [-0.2, 0) is 16.9 Å². The van der Waals surface area contributed by atoms with Crippen molar-refractivity contribution in [3.05, 3.63) is 30.2 Å². The van der Waals surface area contributed by atoms with Gasteiger partial charge in [-0.05, 0) is 37.8 Å². The van der Waals surface area contributed by atoms with Crippen molar-refractivity contribution in [3.63, 3.8) is 0 Å². The van der Waals surface area contributed by atoms with E-state index < -0.39 is 32.1 Å². The summed E-state index contributed by atoms with van der Waals surface area (Å²) in [5.41, 5.74) is 0.983. The van der Waals surface area contributed by atoms with Crippen LogP contribution in [0.15, 0.2) is 29.6 Å². The monoisotopic (exact) mass is 440 g/mol. The van der Waals surface area contributed by atoms with E-state index in [1.54, 1.807) is 6.07 Å². The Bertz CT molecular complexity index is 1030. The Kier molecular flexibility index (Phi) is 5.20. The van der Waals surface area contributed by atoms with Gasteiger partial charge in [0.05, 0.1) is 23.8 Å². The van der Waals surface area contributed by atoms with E-state index in [-0.39, 0.29) is 31.8 Å². The number of aryl methyl sites for hydroxylation is 1. The largest absolute Gasteiger partial charge is 0.354 e. The molecule has 162 valence electrons. The number of nitrogens with one attached hydrogen (secondary N) is 1. The Morgan fingerprint density at radius 3 is 2.50 bits per heavy atom. The Hall–Kier alpha value is -2.63. The number of piperidine rings is 1. The number of halogens is 2. The predicted octanol–water partition coefficient (Wildman–Crippen LogP) is 2.40. The third-order valence-corrected chi connectivity index (χ3v) is 7.56. The zero-order valence-corrected chi connectivity index (χ0v) is 17.1. The molecule has 2 fully saturated rings. The summed E-state index contributed by atoms with van der Waals surface area (Å²) in [7, 11) is -3.54. The fraction of sp³-hybridized carbons (Fsp3) is 0.556. The van der Waals surface area contributed by atoms with Gasteiger partial charge in [0.2, 0.25) is 0 Å². The molecule has 30 heavy (non-hydrogen) atoms. The molecule has 1 N–H and O–H groups in total. The second-order valence-corrected chi connectivity index (χ2v) is 9.66. The van der Waals surface area contributed by atoms with Crippen molar-refractivity contribution in [2.45, 2.75) is 41.9 Å². The molecule has 2 aromatic rings. The number of aromatic nitrogens is 4. The molecular formula is C18H22F2N6O3S. The minimum Gasteiger partial charge on any atom is -0.325 e. The summed E-state index contributed by atoms with van der Waals surface area (Å²) in [6.45, 7) is 0.0532. The van der Waals surface area contributed by atoms with E-state index in [0.29, 0.717) is 11.4 Å². The van der Waals surface area contributed by atoms with Crippen molar-refractivity contribution in [2.75, 3.05) is 18.4 Å². The Morgan fingerprint density at radius 1 is 1.20 bits per heavy atom. The van der Waals surface area contributed by atoms with Gasteiger partial charge < -0.3 is 10.2 Å². The molecule has 1 aliphatic heterocycles. The molecule has 2 amide bonds. The first-order valence-electron chi connectivity index (χ1n) is 9.69. The van der Waals surface area contributed by atoms with E-state index in [9.17, 15) is 13.2 Å². The number of sulfone groups is 1. The van der Waals surface area contributed by atoms with Crippen LogP contribution in [0.25, 0.3) is 0 Å². The summed E-state index contributed by atoms with van der Waals surface area (Å²) >= 11 is 0. The van der Waals surface area contributed by atoms with Crippen molar-refractivity contribution >= 4 is 21.6 Å². The summed E-state index contributed by atoms with van der Waals surface area (Å²) in [6, 6.07) is 2.38. The van der Waals surface area contributed by atoms with Crippen molar-refractivity contribution < 1.29 is 22.0 Å². The molecule has 12 heteroatoms. The smallest absolute Gasteiger partial charge is 0.325 e. The fourth-order valence-electron chi connectivity index (χ4n) is 3.65. The van der Waals surface area contributed by atoms with Gasteiger partial charge in [0, 0.05) is 32.0 Å². The van der Waals surface area contributed by atoms with Crippen LogP contribution >= 0.6 is 0 Å². The van der Waals surface area contributed by atoms with Crippen LogP contribution in [0.1, 0.15) is 37.3 Å². The number of urea groups is 1. The first-order valence-corrected chi connectivity index (χ1v) is 11.2. The molecule has 0 aromatic carbocycles. The number of anilines is 1. The number of nitrogens with zero attached hydrogens (tertiary/aromatic N) is 5. The van der Waals surface area contributed by atoms with Gasteiger partial charge in [-0.1, -0.05) is 0 Å². The quantitative estimate of drug-likeness (QED) is 0.765. The lowest BCUT2D eigenvalue weighted by molar-refractivity contribution is 0.0000342. The second kappa shape index (κ2) is 7.56. The van der Waals surface area contributed by atoms with E-state index in [1.165, 1.54) is 30.4 Å². The number of carbonyl (C=O) groups is 1.